The highest BCUT2D eigenvalue weighted by Crippen LogP contribution is 1.96. The summed E-state index contributed by atoms with van der Waals surface area (Å²) in [5, 5.41) is 15.6. The summed E-state index contributed by atoms with van der Waals surface area (Å²) < 4.78 is 1.31. The molecule has 0 fully saturated rings. The van der Waals surface area contributed by atoms with E-state index in [-0.39, 0.29) is 29.8 Å². The third kappa shape index (κ3) is 4.82. The molecule has 1 aromatic rings. The van der Waals surface area contributed by atoms with Gasteiger partial charge in [0.15, 0.2) is 0 Å². The molecule has 19 heavy (non-hydrogen) atoms. The molecule has 1 heterocycles. The van der Waals surface area contributed by atoms with Gasteiger partial charge in [-0.15, -0.1) is 0 Å². The molecule has 0 saturated heterocycles. The van der Waals surface area contributed by atoms with E-state index in [4.69, 9.17) is 5.11 Å². The molecule has 1 rings (SSSR count). The van der Waals surface area contributed by atoms with Crippen LogP contribution in [-0.2, 0) is 6.54 Å². The Morgan fingerprint density at radius 1 is 1.53 bits per heavy atom. The number of unbranched alkanes of at least 4 members (excludes halogenated alkanes) is 1. The molecule has 0 bridgehead atoms. The molecule has 6 nitrogen and oxygen atoms in total. The third-order valence-corrected chi connectivity index (χ3v) is 2.76. The minimum absolute atomic E-state index is 0.0187. The van der Waals surface area contributed by atoms with Crippen LogP contribution >= 0.6 is 0 Å². The van der Waals surface area contributed by atoms with Crippen LogP contribution in [0.2, 0.25) is 0 Å². The number of aryl methyl sites for hydroxylation is 1. The number of hydrogen-bond acceptors (Lipinski definition) is 4. The van der Waals surface area contributed by atoms with E-state index in [1.165, 1.54) is 16.8 Å². The van der Waals surface area contributed by atoms with Crippen LogP contribution in [0.4, 0.5) is 0 Å². The summed E-state index contributed by atoms with van der Waals surface area (Å²) in [6.07, 6.45) is 2.29. The Morgan fingerprint density at radius 3 is 2.89 bits per heavy atom. The second kappa shape index (κ2) is 7.68. The van der Waals surface area contributed by atoms with Crippen LogP contribution in [0, 0.1) is 0 Å². The summed E-state index contributed by atoms with van der Waals surface area (Å²) >= 11 is 0. The number of hydrogen-bond donors (Lipinski definition) is 2. The van der Waals surface area contributed by atoms with E-state index < -0.39 is 0 Å². The lowest BCUT2D eigenvalue weighted by atomic mass is 10.2. The monoisotopic (exact) mass is 267 g/mol. The standard InChI is InChI=1S/C13H21N3O3/c1-3-4-8-16-12(18)6-5-11(15-16)13(19)14-10(2)7-9-17/h5-6,10,17H,3-4,7-9H2,1-2H3,(H,14,19). The fraction of sp³-hybridized carbons (Fsp3) is 0.615. The van der Waals surface area contributed by atoms with Gasteiger partial charge in [-0.1, -0.05) is 13.3 Å². The lowest BCUT2D eigenvalue weighted by molar-refractivity contribution is 0.0926. The second-order valence-corrected chi connectivity index (χ2v) is 4.52. The maximum Gasteiger partial charge on any atom is 0.271 e. The molecule has 1 unspecified atom stereocenters. The quantitative estimate of drug-likeness (QED) is 0.755. The van der Waals surface area contributed by atoms with Crippen LogP contribution in [0.15, 0.2) is 16.9 Å². The summed E-state index contributed by atoms with van der Waals surface area (Å²) in [5.41, 5.74) is 0.0221. The van der Waals surface area contributed by atoms with Crippen LogP contribution in [-0.4, -0.2) is 33.4 Å². The highest BCUT2D eigenvalue weighted by atomic mass is 16.3. The van der Waals surface area contributed by atoms with Gasteiger partial charge in [-0.3, -0.25) is 9.59 Å². The smallest absolute Gasteiger partial charge is 0.271 e. The Kier molecular flexibility index (Phi) is 6.21. The van der Waals surface area contributed by atoms with E-state index in [1.54, 1.807) is 6.92 Å². The van der Waals surface area contributed by atoms with Crippen LogP contribution in [0.25, 0.3) is 0 Å². The molecule has 2 N–H and O–H groups in total. The summed E-state index contributed by atoms with van der Waals surface area (Å²) in [6, 6.07) is 2.65. The van der Waals surface area contributed by atoms with Crippen molar-refractivity contribution in [3.05, 3.63) is 28.2 Å². The number of carbonyl (C=O) groups is 1. The van der Waals surface area contributed by atoms with E-state index in [0.29, 0.717) is 13.0 Å². The Hall–Kier alpha value is -1.69. The average Bonchev–Trinajstić information content (AvgIpc) is 2.37. The molecule has 106 valence electrons. The molecule has 1 atom stereocenters. The number of nitrogens with one attached hydrogen (secondary N) is 1. The second-order valence-electron chi connectivity index (χ2n) is 4.52. The Morgan fingerprint density at radius 2 is 2.26 bits per heavy atom. The third-order valence-electron chi connectivity index (χ3n) is 2.76. The van der Waals surface area contributed by atoms with Gasteiger partial charge in [-0.25, -0.2) is 4.68 Å². The van der Waals surface area contributed by atoms with E-state index >= 15 is 0 Å². The van der Waals surface area contributed by atoms with E-state index in [1.807, 2.05) is 6.92 Å². The van der Waals surface area contributed by atoms with Crippen LogP contribution in [0.3, 0.4) is 0 Å². The largest absolute Gasteiger partial charge is 0.396 e. The first kappa shape index (κ1) is 15.4. The summed E-state index contributed by atoms with van der Waals surface area (Å²) in [4.78, 5) is 23.5. The van der Waals surface area contributed by atoms with Crippen molar-refractivity contribution in [2.45, 2.75) is 45.7 Å². The highest BCUT2D eigenvalue weighted by Gasteiger charge is 2.12. The lowest BCUT2D eigenvalue weighted by Gasteiger charge is -2.12. The first-order chi connectivity index (χ1) is 9.08. The summed E-state index contributed by atoms with van der Waals surface area (Å²) in [6.45, 7) is 4.37. The molecule has 0 aliphatic rings. The average molecular weight is 267 g/mol. The number of carbonyl (C=O) groups excluding carboxylic acids is 1. The number of aliphatic hydroxyl groups excluding tert-OH is 1. The van der Waals surface area contributed by atoms with Gasteiger partial charge in [0.25, 0.3) is 11.5 Å². The molecule has 0 saturated carbocycles. The van der Waals surface area contributed by atoms with E-state index in [9.17, 15) is 9.59 Å². The minimum atomic E-state index is -0.328. The van der Waals surface area contributed by atoms with Gasteiger partial charge >= 0.3 is 0 Å². The van der Waals surface area contributed by atoms with Crippen LogP contribution in [0.1, 0.15) is 43.6 Å². The van der Waals surface area contributed by atoms with Gasteiger partial charge < -0.3 is 10.4 Å². The number of nitrogens with zero attached hydrogens (tertiary/aromatic N) is 2. The molecule has 0 aliphatic heterocycles. The molecule has 1 aromatic heterocycles. The van der Waals surface area contributed by atoms with Gasteiger partial charge in [0.1, 0.15) is 5.69 Å². The normalized spacial score (nSPS) is 12.2. The van der Waals surface area contributed by atoms with Crippen LogP contribution in [0.5, 0.6) is 0 Å². The summed E-state index contributed by atoms with van der Waals surface area (Å²) in [5.74, 6) is -0.328. The van der Waals surface area contributed by atoms with Gasteiger partial charge in [0, 0.05) is 25.3 Å². The fourth-order valence-electron chi connectivity index (χ4n) is 1.60. The number of amides is 1. The molecule has 0 radical (unpaired) electrons. The molecule has 1 amide bonds. The Labute approximate surface area is 112 Å². The number of aromatic nitrogens is 2. The van der Waals surface area contributed by atoms with Gasteiger partial charge in [-0.05, 0) is 25.8 Å². The van der Waals surface area contributed by atoms with Crippen molar-refractivity contribution in [2.75, 3.05) is 6.61 Å². The zero-order valence-corrected chi connectivity index (χ0v) is 11.4. The fourth-order valence-corrected chi connectivity index (χ4v) is 1.60. The topological polar surface area (TPSA) is 84.2 Å². The summed E-state index contributed by atoms with van der Waals surface area (Å²) in [7, 11) is 0. The van der Waals surface area contributed by atoms with Gasteiger partial charge in [0.2, 0.25) is 0 Å². The lowest BCUT2D eigenvalue weighted by Crippen LogP contribution is -2.35. The Bertz CT molecular complexity index is 470. The van der Waals surface area contributed by atoms with Gasteiger partial charge in [-0.2, -0.15) is 5.10 Å². The number of rotatable bonds is 7. The molecule has 0 aliphatic carbocycles. The zero-order chi connectivity index (χ0) is 14.3. The van der Waals surface area contributed by atoms with Crippen molar-refractivity contribution in [2.24, 2.45) is 0 Å². The number of aliphatic hydroxyl groups is 1. The van der Waals surface area contributed by atoms with E-state index in [2.05, 4.69) is 10.4 Å². The highest BCUT2D eigenvalue weighted by molar-refractivity contribution is 5.92. The maximum absolute atomic E-state index is 11.9. The maximum atomic E-state index is 11.9. The zero-order valence-electron chi connectivity index (χ0n) is 11.4. The first-order valence-electron chi connectivity index (χ1n) is 6.58. The molecular weight excluding hydrogens is 246 g/mol. The van der Waals surface area contributed by atoms with E-state index in [0.717, 1.165) is 12.8 Å². The van der Waals surface area contributed by atoms with Crippen molar-refractivity contribution in [1.29, 1.82) is 0 Å². The first-order valence-corrected chi connectivity index (χ1v) is 6.58. The predicted molar refractivity (Wildman–Crippen MR) is 72.0 cm³/mol. The van der Waals surface area contributed by atoms with Crippen molar-refractivity contribution >= 4 is 5.91 Å². The molecule has 0 aromatic carbocycles. The van der Waals surface area contributed by atoms with Crippen molar-refractivity contribution in [3.63, 3.8) is 0 Å². The van der Waals surface area contributed by atoms with Crippen molar-refractivity contribution in [1.82, 2.24) is 15.1 Å². The SMILES string of the molecule is CCCCn1nc(C(=O)NC(C)CCO)ccc1=O. The molecule has 0 spiro atoms. The van der Waals surface area contributed by atoms with Crippen molar-refractivity contribution < 1.29 is 9.90 Å². The predicted octanol–water partition coefficient (Wildman–Crippen LogP) is 0.544. The van der Waals surface area contributed by atoms with Gasteiger partial charge in [0.05, 0.1) is 0 Å². The van der Waals surface area contributed by atoms with Crippen LogP contribution < -0.4 is 10.9 Å². The minimum Gasteiger partial charge on any atom is -0.396 e. The van der Waals surface area contributed by atoms with Crippen molar-refractivity contribution in [3.8, 4) is 0 Å². The molecular formula is C13H21N3O3. The Balaban J connectivity index is 2.77. The molecule has 6 heteroatoms.